The Labute approximate surface area is 97.7 Å². The molecule has 0 fully saturated rings. The molecular formula is C12H11N3O2. The van der Waals surface area contributed by atoms with Gasteiger partial charge in [0.2, 0.25) is 0 Å². The lowest BCUT2D eigenvalue weighted by molar-refractivity contribution is 0.0961. The summed E-state index contributed by atoms with van der Waals surface area (Å²) in [5.41, 5.74) is 0.271. The third-order valence-corrected chi connectivity index (χ3v) is 2.32. The van der Waals surface area contributed by atoms with Gasteiger partial charge in [0.15, 0.2) is 0 Å². The summed E-state index contributed by atoms with van der Waals surface area (Å²) >= 11 is 0. The topological polar surface area (TPSA) is 64.0 Å². The highest BCUT2D eigenvalue weighted by atomic mass is 16.2. The third kappa shape index (κ3) is 2.08. The number of amides is 1. The van der Waals surface area contributed by atoms with Crippen LogP contribution in [0, 0.1) is 0 Å². The van der Waals surface area contributed by atoms with Crippen LogP contribution >= 0.6 is 0 Å². The van der Waals surface area contributed by atoms with Crippen molar-refractivity contribution in [1.82, 2.24) is 15.1 Å². The number of hydrogen-bond acceptors (Lipinski definition) is 3. The molecule has 0 aliphatic rings. The summed E-state index contributed by atoms with van der Waals surface area (Å²) in [6.45, 7) is 0. The second-order valence-corrected chi connectivity index (χ2v) is 3.38. The maximum Gasteiger partial charge on any atom is 0.284 e. The van der Waals surface area contributed by atoms with Crippen LogP contribution in [0.5, 0.6) is 0 Å². The molecule has 2 aromatic rings. The second-order valence-electron chi connectivity index (χ2n) is 3.38. The molecular weight excluding hydrogens is 218 g/mol. The molecule has 0 radical (unpaired) electrons. The van der Waals surface area contributed by atoms with E-state index in [-0.39, 0.29) is 5.56 Å². The number of nitrogens with zero attached hydrogens (tertiary/aromatic N) is 2. The molecule has 0 aliphatic carbocycles. The van der Waals surface area contributed by atoms with Crippen LogP contribution in [0.3, 0.4) is 0 Å². The average molecular weight is 229 g/mol. The van der Waals surface area contributed by atoms with Gasteiger partial charge in [-0.05, 0) is 18.2 Å². The Hall–Kier alpha value is -2.43. The summed E-state index contributed by atoms with van der Waals surface area (Å²) < 4.78 is 1.20. The Morgan fingerprint density at radius 3 is 2.59 bits per heavy atom. The van der Waals surface area contributed by atoms with Gasteiger partial charge >= 0.3 is 0 Å². The Balaban J connectivity index is 2.58. The summed E-state index contributed by atoms with van der Waals surface area (Å²) in [5.74, 6) is -0.415. The Bertz CT molecular complexity index is 590. The summed E-state index contributed by atoms with van der Waals surface area (Å²) in [6.07, 6.45) is 1.43. The third-order valence-electron chi connectivity index (χ3n) is 2.32. The lowest BCUT2D eigenvalue weighted by Gasteiger charge is -2.05. The SMILES string of the molecule is CNC(=O)c1ccnn(-c2ccccc2)c1=O. The minimum absolute atomic E-state index is 0.0753. The molecule has 0 spiro atoms. The minimum atomic E-state index is -0.432. The predicted molar refractivity (Wildman–Crippen MR) is 63.2 cm³/mol. The van der Waals surface area contributed by atoms with E-state index in [1.54, 1.807) is 24.3 Å². The molecule has 0 aliphatic heterocycles. The number of aromatic nitrogens is 2. The number of carbonyl (C=O) groups excluding carboxylic acids is 1. The molecule has 5 heteroatoms. The summed E-state index contributed by atoms with van der Waals surface area (Å²) in [6, 6.07) is 10.4. The van der Waals surface area contributed by atoms with Crippen molar-refractivity contribution in [3.8, 4) is 5.69 Å². The van der Waals surface area contributed by atoms with Crippen molar-refractivity contribution < 1.29 is 4.79 Å². The quantitative estimate of drug-likeness (QED) is 0.819. The first-order valence-corrected chi connectivity index (χ1v) is 5.10. The van der Waals surface area contributed by atoms with E-state index >= 15 is 0 Å². The molecule has 86 valence electrons. The molecule has 0 saturated heterocycles. The smallest absolute Gasteiger partial charge is 0.284 e. The van der Waals surface area contributed by atoms with Gasteiger partial charge in [0.1, 0.15) is 5.56 Å². The highest BCUT2D eigenvalue weighted by Crippen LogP contribution is 2.02. The number of hydrogen-bond donors (Lipinski definition) is 1. The first-order valence-electron chi connectivity index (χ1n) is 5.10. The fraction of sp³-hybridized carbons (Fsp3) is 0.0833. The van der Waals surface area contributed by atoms with Gasteiger partial charge in [0.05, 0.1) is 5.69 Å². The molecule has 1 aromatic heterocycles. The maximum atomic E-state index is 12.0. The largest absolute Gasteiger partial charge is 0.355 e. The summed E-state index contributed by atoms with van der Waals surface area (Å²) in [7, 11) is 1.48. The van der Waals surface area contributed by atoms with E-state index in [1.807, 2.05) is 6.07 Å². The number of para-hydroxylation sites is 1. The van der Waals surface area contributed by atoms with E-state index in [0.29, 0.717) is 5.69 Å². The average Bonchev–Trinajstić information content (AvgIpc) is 2.39. The lowest BCUT2D eigenvalue weighted by atomic mass is 10.2. The first kappa shape index (κ1) is 11.1. The first-order chi connectivity index (χ1) is 8.24. The standard InChI is InChI=1S/C12H11N3O2/c1-13-11(16)10-7-8-14-15(12(10)17)9-5-3-2-4-6-9/h2-8H,1H3,(H,13,16). The summed E-state index contributed by atoms with van der Waals surface area (Å²) in [4.78, 5) is 23.5. The van der Waals surface area contributed by atoms with Crippen molar-refractivity contribution in [3.63, 3.8) is 0 Å². The Kier molecular flexibility index (Phi) is 3.00. The van der Waals surface area contributed by atoms with Crippen molar-refractivity contribution in [2.45, 2.75) is 0 Å². The number of carbonyl (C=O) groups is 1. The van der Waals surface area contributed by atoms with E-state index in [4.69, 9.17) is 0 Å². The van der Waals surface area contributed by atoms with Crippen LogP contribution in [0.25, 0.3) is 5.69 Å². The van der Waals surface area contributed by atoms with E-state index < -0.39 is 11.5 Å². The predicted octanol–water partition coefficient (Wildman–Crippen LogP) is 0.592. The van der Waals surface area contributed by atoms with Gasteiger partial charge < -0.3 is 5.32 Å². The summed E-state index contributed by atoms with van der Waals surface area (Å²) in [5, 5.41) is 6.37. The molecule has 17 heavy (non-hydrogen) atoms. The van der Waals surface area contributed by atoms with Crippen LogP contribution in [0.1, 0.15) is 10.4 Å². The number of rotatable bonds is 2. The van der Waals surface area contributed by atoms with Gasteiger partial charge in [0.25, 0.3) is 11.5 Å². The van der Waals surface area contributed by atoms with Gasteiger partial charge in [-0.15, -0.1) is 0 Å². The van der Waals surface area contributed by atoms with Gasteiger partial charge in [0, 0.05) is 13.2 Å². The zero-order valence-corrected chi connectivity index (χ0v) is 9.25. The maximum absolute atomic E-state index is 12.0. The van der Waals surface area contributed by atoms with E-state index in [2.05, 4.69) is 10.4 Å². The van der Waals surface area contributed by atoms with E-state index in [9.17, 15) is 9.59 Å². The van der Waals surface area contributed by atoms with Crippen LogP contribution in [-0.2, 0) is 0 Å². The minimum Gasteiger partial charge on any atom is -0.355 e. The van der Waals surface area contributed by atoms with Crippen molar-refractivity contribution in [2.24, 2.45) is 0 Å². The second kappa shape index (κ2) is 4.61. The Morgan fingerprint density at radius 1 is 1.24 bits per heavy atom. The zero-order chi connectivity index (χ0) is 12.3. The molecule has 2 rings (SSSR count). The lowest BCUT2D eigenvalue weighted by Crippen LogP contribution is -2.31. The zero-order valence-electron chi connectivity index (χ0n) is 9.25. The molecule has 5 nitrogen and oxygen atoms in total. The monoisotopic (exact) mass is 229 g/mol. The van der Waals surface area contributed by atoms with E-state index in [1.165, 1.54) is 24.0 Å². The molecule has 0 atom stereocenters. The van der Waals surface area contributed by atoms with Crippen molar-refractivity contribution in [2.75, 3.05) is 7.05 Å². The molecule has 1 amide bonds. The van der Waals surface area contributed by atoms with Crippen LogP contribution in [0.2, 0.25) is 0 Å². The highest BCUT2D eigenvalue weighted by Gasteiger charge is 2.11. The van der Waals surface area contributed by atoms with Gasteiger partial charge in [-0.3, -0.25) is 9.59 Å². The normalized spacial score (nSPS) is 9.94. The van der Waals surface area contributed by atoms with Crippen LogP contribution in [-0.4, -0.2) is 22.7 Å². The van der Waals surface area contributed by atoms with Crippen molar-refractivity contribution in [3.05, 3.63) is 58.5 Å². The molecule has 0 saturated carbocycles. The van der Waals surface area contributed by atoms with Gasteiger partial charge in [-0.2, -0.15) is 9.78 Å². The number of nitrogens with one attached hydrogen (secondary N) is 1. The van der Waals surface area contributed by atoms with Gasteiger partial charge in [-0.1, -0.05) is 18.2 Å². The molecule has 0 unspecified atom stereocenters. The van der Waals surface area contributed by atoms with Gasteiger partial charge in [-0.25, -0.2) is 0 Å². The highest BCUT2D eigenvalue weighted by molar-refractivity contribution is 5.93. The van der Waals surface area contributed by atoms with Crippen LogP contribution < -0.4 is 10.9 Å². The molecule has 1 heterocycles. The van der Waals surface area contributed by atoms with Crippen molar-refractivity contribution >= 4 is 5.91 Å². The van der Waals surface area contributed by atoms with Crippen LogP contribution in [0.4, 0.5) is 0 Å². The Morgan fingerprint density at radius 2 is 1.94 bits per heavy atom. The van der Waals surface area contributed by atoms with Crippen molar-refractivity contribution in [1.29, 1.82) is 0 Å². The fourth-order valence-corrected chi connectivity index (χ4v) is 1.47. The molecule has 1 N–H and O–H groups in total. The fourth-order valence-electron chi connectivity index (χ4n) is 1.47. The molecule has 0 bridgehead atoms. The number of benzene rings is 1. The van der Waals surface area contributed by atoms with Crippen LogP contribution in [0.15, 0.2) is 47.4 Å². The van der Waals surface area contributed by atoms with E-state index in [0.717, 1.165) is 0 Å². The molecule has 1 aromatic carbocycles.